The van der Waals surface area contributed by atoms with Gasteiger partial charge in [0.05, 0.1) is 0 Å². The molecule has 2 saturated carbocycles. The van der Waals surface area contributed by atoms with Crippen LogP contribution < -0.4 is 10.2 Å². The summed E-state index contributed by atoms with van der Waals surface area (Å²) in [7, 11) is 2.25. The van der Waals surface area contributed by atoms with E-state index in [1.54, 1.807) is 0 Å². The van der Waals surface area contributed by atoms with Gasteiger partial charge in [0.2, 0.25) is 0 Å². The van der Waals surface area contributed by atoms with E-state index in [2.05, 4.69) is 29.4 Å². The molecular formula is C18H27ClN2. The van der Waals surface area contributed by atoms with E-state index in [4.69, 9.17) is 11.6 Å². The number of nitrogens with zero attached hydrogens (tertiary/aromatic N) is 1. The predicted octanol–water partition coefficient (Wildman–Crippen LogP) is 4.75. The van der Waals surface area contributed by atoms with Gasteiger partial charge in [-0.25, -0.2) is 0 Å². The molecule has 0 unspecified atom stereocenters. The van der Waals surface area contributed by atoms with Crippen molar-refractivity contribution in [3.63, 3.8) is 0 Å². The fourth-order valence-corrected chi connectivity index (χ4v) is 3.66. The number of hydrogen-bond donors (Lipinski definition) is 1. The van der Waals surface area contributed by atoms with Gasteiger partial charge in [-0.05, 0) is 37.8 Å². The molecule has 0 spiro atoms. The zero-order chi connectivity index (χ0) is 14.7. The lowest BCUT2D eigenvalue weighted by Gasteiger charge is -2.31. The number of hydrogen-bond acceptors (Lipinski definition) is 2. The lowest BCUT2D eigenvalue weighted by atomic mass is 10.0. The number of benzene rings is 1. The Morgan fingerprint density at radius 3 is 2.48 bits per heavy atom. The van der Waals surface area contributed by atoms with Gasteiger partial charge in [0.15, 0.2) is 0 Å². The number of rotatable bonds is 5. The van der Waals surface area contributed by atoms with E-state index in [0.717, 1.165) is 17.6 Å². The van der Waals surface area contributed by atoms with E-state index in [0.29, 0.717) is 6.04 Å². The van der Waals surface area contributed by atoms with Gasteiger partial charge in [0.1, 0.15) is 0 Å². The maximum absolute atomic E-state index is 6.48. The van der Waals surface area contributed by atoms with E-state index < -0.39 is 0 Å². The Bertz CT molecular complexity index is 462. The van der Waals surface area contributed by atoms with Gasteiger partial charge in [-0.15, -0.1) is 0 Å². The second-order valence-corrected chi connectivity index (χ2v) is 7.06. The van der Waals surface area contributed by atoms with Crippen LogP contribution in [0.2, 0.25) is 5.02 Å². The molecule has 1 N–H and O–H groups in total. The third kappa shape index (κ3) is 3.92. The quantitative estimate of drug-likeness (QED) is 0.790. The zero-order valence-electron chi connectivity index (χ0n) is 13.1. The van der Waals surface area contributed by atoms with Crippen molar-refractivity contribution >= 4 is 17.3 Å². The van der Waals surface area contributed by atoms with Gasteiger partial charge in [-0.1, -0.05) is 43.4 Å². The molecule has 0 saturated heterocycles. The third-order valence-corrected chi connectivity index (χ3v) is 5.35. The van der Waals surface area contributed by atoms with Gasteiger partial charge in [-0.2, -0.15) is 0 Å². The SMILES string of the molecule is CN(c1cccc(Cl)c1CNC1CC1)C1CCCCCC1. The van der Waals surface area contributed by atoms with Crippen LogP contribution in [0.3, 0.4) is 0 Å². The summed E-state index contributed by atoms with van der Waals surface area (Å²) in [6.45, 7) is 0.900. The molecule has 2 fully saturated rings. The van der Waals surface area contributed by atoms with Crippen molar-refractivity contribution in [2.24, 2.45) is 0 Å². The first kappa shape index (κ1) is 15.2. The van der Waals surface area contributed by atoms with Gasteiger partial charge in [0, 0.05) is 41.9 Å². The predicted molar refractivity (Wildman–Crippen MR) is 91.2 cm³/mol. The van der Waals surface area contributed by atoms with Crippen molar-refractivity contribution in [1.29, 1.82) is 0 Å². The molecule has 21 heavy (non-hydrogen) atoms. The smallest absolute Gasteiger partial charge is 0.0471 e. The normalized spacial score (nSPS) is 20.3. The van der Waals surface area contributed by atoms with E-state index in [1.165, 1.54) is 62.6 Å². The lowest BCUT2D eigenvalue weighted by molar-refractivity contribution is 0.550. The first-order chi connectivity index (χ1) is 10.3. The second-order valence-electron chi connectivity index (χ2n) is 6.65. The minimum absolute atomic E-state index is 0.672. The Morgan fingerprint density at radius 2 is 1.81 bits per heavy atom. The Balaban J connectivity index is 1.76. The second kappa shape index (κ2) is 7.02. The molecule has 2 nitrogen and oxygen atoms in total. The van der Waals surface area contributed by atoms with Crippen molar-refractivity contribution in [1.82, 2.24) is 5.32 Å². The van der Waals surface area contributed by atoms with E-state index >= 15 is 0 Å². The van der Waals surface area contributed by atoms with Gasteiger partial charge >= 0.3 is 0 Å². The first-order valence-corrected chi connectivity index (χ1v) is 8.87. The summed E-state index contributed by atoms with van der Waals surface area (Å²) < 4.78 is 0. The van der Waals surface area contributed by atoms with E-state index in [9.17, 15) is 0 Å². The largest absolute Gasteiger partial charge is 0.371 e. The Hall–Kier alpha value is -0.730. The molecule has 0 atom stereocenters. The molecule has 2 aliphatic rings. The maximum atomic E-state index is 6.48. The van der Waals surface area contributed by atoms with Gasteiger partial charge in [-0.3, -0.25) is 0 Å². The number of nitrogens with one attached hydrogen (secondary N) is 1. The molecule has 3 rings (SSSR count). The zero-order valence-corrected chi connectivity index (χ0v) is 13.8. The summed E-state index contributed by atoms with van der Waals surface area (Å²) in [5.41, 5.74) is 2.60. The van der Waals surface area contributed by atoms with E-state index in [1.807, 2.05) is 6.07 Å². The highest BCUT2D eigenvalue weighted by atomic mass is 35.5. The fraction of sp³-hybridized carbons (Fsp3) is 0.667. The number of anilines is 1. The summed E-state index contributed by atoms with van der Waals surface area (Å²) in [6, 6.07) is 7.74. The molecule has 0 heterocycles. The molecule has 0 bridgehead atoms. The van der Waals surface area contributed by atoms with Crippen LogP contribution in [0.4, 0.5) is 5.69 Å². The third-order valence-electron chi connectivity index (χ3n) is 4.99. The van der Waals surface area contributed by atoms with Crippen LogP contribution >= 0.6 is 11.6 Å². The Labute approximate surface area is 133 Å². The van der Waals surface area contributed by atoms with Crippen LogP contribution in [0.5, 0.6) is 0 Å². The van der Waals surface area contributed by atoms with Crippen molar-refractivity contribution in [3.8, 4) is 0 Å². The van der Waals surface area contributed by atoms with Crippen molar-refractivity contribution < 1.29 is 0 Å². The molecule has 0 aromatic heterocycles. The van der Waals surface area contributed by atoms with Crippen molar-refractivity contribution in [2.75, 3.05) is 11.9 Å². The molecule has 0 amide bonds. The topological polar surface area (TPSA) is 15.3 Å². The summed E-state index contributed by atoms with van der Waals surface area (Å²) in [5.74, 6) is 0. The summed E-state index contributed by atoms with van der Waals surface area (Å²) in [5, 5.41) is 4.52. The van der Waals surface area contributed by atoms with Crippen molar-refractivity contribution in [2.45, 2.75) is 70.0 Å². The van der Waals surface area contributed by atoms with Crippen LogP contribution in [-0.2, 0) is 6.54 Å². The molecule has 1 aromatic carbocycles. The maximum Gasteiger partial charge on any atom is 0.0471 e. The van der Waals surface area contributed by atoms with Crippen LogP contribution in [0, 0.1) is 0 Å². The molecule has 3 heteroatoms. The molecule has 116 valence electrons. The van der Waals surface area contributed by atoms with E-state index in [-0.39, 0.29) is 0 Å². The lowest BCUT2D eigenvalue weighted by Crippen LogP contribution is -2.32. The Morgan fingerprint density at radius 1 is 1.10 bits per heavy atom. The average Bonchev–Trinajstić information content (AvgIpc) is 3.31. The molecule has 2 aliphatic carbocycles. The summed E-state index contributed by atoms with van der Waals surface area (Å²) in [4.78, 5) is 2.49. The monoisotopic (exact) mass is 306 g/mol. The minimum atomic E-state index is 0.672. The minimum Gasteiger partial charge on any atom is -0.371 e. The molecule has 0 aliphatic heterocycles. The molecule has 1 aromatic rings. The standard InChI is InChI=1S/C18H27ClN2/c1-21(15-7-4-2-3-5-8-15)18-10-6-9-17(19)16(18)13-20-14-11-12-14/h6,9-10,14-15,20H,2-5,7-8,11-13H2,1H3. The molecule has 0 radical (unpaired) electrons. The highest BCUT2D eigenvalue weighted by Crippen LogP contribution is 2.32. The summed E-state index contributed by atoms with van der Waals surface area (Å²) in [6.07, 6.45) is 10.8. The highest BCUT2D eigenvalue weighted by Gasteiger charge is 2.23. The van der Waals surface area contributed by atoms with Gasteiger partial charge < -0.3 is 10.2 Å². The van der Waals surface area contributed by atoms with Crippen LogP contribution in [0.15, 0.2) is 18.2 Å². The van der Waals surface area contributed by atoms with Crippen LogP contribution in [0.1, 0.15) is 56.9 Å². The average molecular weight is 307 g/mol. The first-order valence-electron chi connectivity index (χ1n) is 8.49. The van der Waals surface area contributed by atoms with Crippen molar-refractivity contribution in [3.05, 3.63) is 28.8 Å². The van der Waals surface area contributed by atoms with Crippen LogP contribution in [0.25, 0.3) is 0 Å². The van der Waals surface area contributed by atoms with Crippen LogP contribution in [-0.4, -0.2) is 19.1 Å². The summed E-state index contributed by atoms with van der Waals surface area (Å²) >= 11 is 6.48. The van der Waals surface area contributed by atoms with Gasteiger partial charge in [0.25, 0.3) is 0 Å². The number of halogens is 1. The molecular weight excluding hydrogens is 280 g/mol. The highest BCUT2D eigenvalue weighted by molar-refractivity contribution is 6.31. The fourth-order valence-electron chi connectivity index (χ4n) is 3.43. The Kier molecular flexibility index (Phi) is 5.07.